The number of nitrogens with zero attached hydrogens (tertiary/aromatic N) is 1. The molecule has 5 nitrogen and oxygen atoms in total. The van der Waals surface area contributed by atoms with Crippen molar-refractivity contribution in [2.75, 3.05) is 19.6 Å². The number of nitrogens with two attached hydrogens (primary N) is 1. The number of aliphatic carboxylic acids is 1. The van der Waals surface area contributed by atoms with Crippen molar-refractivity contribution in [3.8, 4) is 0 Å². The zero-order valence-corrected chi connectivity index (χ0v) is 10.6. The first-order chi connectivity index (χ1) is 7.92. The molecule has 1 amide bonds. The largest absolute Gasteiger partial charge is 0.480 e. The zero-order chi connectivity index (χ0) is 13.4. The van der Waals surface area contributed by atoms with Gasteiger partial charge in [-0.05, 0) is 12.3 Å². The molecule has 0 aromatic rings. The first kappa shape index (κ1) is 15.6. The second-order valence-electron chi connectivity index (χ2n) is 4.46. The van der Waals surface area contributed by atoms with Crippen LogP contribution in [-0.2, 0) is 9.59 Å². The predicted octanol–water partition coefficient (Wildman–Crippen LogP) is 0.707. The molecule has 0 aliphatic rings. The SMILES string of the molecule is C=CCN(CC(=O)O)C(=O)C(CN)CC(C)C. The van der Waals surface area contributed by atoms with Crippen LogP contribution in [0.15, 0.2) is 12.7 Å². The van der Waals surface area contributed by atoms with Gasteiger partial charge in [0.2, 0.25) is 5.91 Å². The number of carboxylic acids is 1. The van der Waals surface area contributed by atoms with Gasteiger partial charge in [-0.2, -0.15) is 0 Å². The topological polar surface area (TPSA) is 83.6 Å². The lowest BCUT2D eigenvalue weighted by Gasteiger charge is -2.25. The van der Waals surface area contributed by atoms with Gasteiger partial charge in [-0.25, -0.2) is 0 Å². The highest BCUT2D eigenvalue weighted by Gasteiger charge is 2.24. The van der Waals surface area contributed by atoms with E-state index in [2.05, 4.69) is 6.58 Å². The summed E-state index contributed by atoms with van der Waals surface area (Å²) in [5.41, 5.74) is 5.57. The summed E-state index contributed by atoms with van der Waals surface area (Å²) >= 11 is 0. The summed E-state index contributed by atoms with van der Waals surface area (Å²) in [5, 5.41) is 8.74. The van der Waals surface area contributed by atoms with Gasteiger partial charge in [-0.15, -0.1) is 6.58 Å². The Balaban J connectivity index is 4.65. The average Bonchev–Trinajstić information content (AvgIpc) is 2.23. The van der Waals surface area contributed by atoms with E-state index in [9.17, 15) is 9.59 Å². The third-order valence-corrected chi connectivity index (χ3v) is 2.38. The quantitative estimate of drug-likeness (QED) is 0.614. The normalized spacial score (nSPS) is 12.2. The Bertz CT molecular complexity index is 277. The monoisotopic (exact) mass is 242 g/mol. The predicted molar refractivity (Wildman–Crippen MR) is 66.4 cm³/mol. The third-order valence-electron chi connectivity index (χ3n) is 2.38. The van der Waals surface area contributed by atoms with Crippen LogP contribution in [0.1, 0.15) is 20.3 Å². The lowest BCUT2D eigenvalue weighted by atomic mass is 9.96. The number of hydrogen-bond acceptors (Lipinski definition) is 3. The summed E-state index contributed by atoms with van der Waals surface area (Å²) in [6.07, 6.45) is 2.19. The molecule has 0 aromatic heterocycles. The summed E-state index contributed by atoms with van der Waals surface area (Å²) in [6, 6.07) is 0. The molecule has 17 heavy (non-hydrogen) atoms. The highest BCUT2D eigenvalue weighted by molar-refractivity contribution is 5.83. The van der Waals surface area contributed by atoms with Crippen molar-refractivity contribution in [1.29, 1.82) is 0 Å². The molecular weight excluding hydrogens is 220 g/mol. The molecule has 0 aliphatic heterocycles. The van der Waals surface area contributed by atoms with Crippen molar-refractivity contribution >= 4 is 11.9 Å². The molecule has 0 aliphatic carbocycles. The van der Waals surface area contributed by atoms with E-state index in [0.717, 1.165) is 0 Å². The lowest BCUT2D eigenvalue weighted by Crippen LogP contribution is -2.42. The summed E-state index contributed by atoms with van der Waals surface area (Å²) in [5.74, 6) is -1.19. The maximum absolute atomic E-state index is 12.1. The van der Waals surface area contributed by atoms with Crippen LogP contribution in [0.5, 0.6) is 0 Å². The summed E-state index contributed by atoms with van der Waals surface area (Å²) in [6.45, 7) is 7.70. The summed E-state index contributed by atoms with van der Waals surface area (Å²) in [7, 11) is 0. The van der Waals surface area contributed by atoms with Crippen molar-refractivity contribution in [3.05, 3.63) is 12.7 Å². The van der Waals surface area contributed by atoms with Gasteiger partial charge in [0.1, 0.15) is 6.54 Å². The van der Waals surface area contributed by atoms with Crippen LogP contribution >= 0.6 is 0 Å². The van der Waals surface area contributed by atoms with Crippen molar-refractivity contribution < 1.29 is 14.7 Å². The minimum absolute atomic E-state index is 0.205. The lowest BCUT2D eigenvalue weighted by molar-refractivity contribution is -0.146. The van der Waals surface area contributed by atoms with Gasteiger partial charge in [-0.1, -0.05) is 19.9 Å². The average molecular weight is 242 g/mol. The molecule has 0 radical (unpaired) electrons. The number of carbonyl (C=O) groups is 2. The second-order valence-corrected chi connectivity index (χ2v) is 4.46. The fourth-order valence-corrected chi connectivity index (χ4v) is 1.68. The molecule has 3 N–H and O–H groups in total. The van der Waals surface area contributed by atoms with Gasteiger partial charge in [0, 0.05) is 13.1 Å². The third kappa shape index (κ3) is 6.06. The standard InChI is InChI=1S/C12H22N2O3/c1-4-5-14(8-11(15)16)12(17)10(7-13)6-9(2)3/h4,9-10H,1,5-8,13H2,2-3H3,(H,15,16). The van der Waals surface area contributed by atoms with E-state index in [1.165, 1.54) is 11.0 Å². The molecule has 0 bridgehead atoms. The number of amides is 1. The zero-order valence-electron chi connectivity index (χ0n) is 10.6. The Labute approximate surface area is 102 Å². The highest BCUT2D eigenvalue weighted by Crippen LogP contribution is 2.13. The second kappa shape index (κ2) is 7.84. The number of carbonyl (C=O) groups excluding carboxylic acids is 1. The molecule has 1 atom stereocenters. The van der Waals surface area contributed by atoms with Gasteiger partial charge in [-0.3, -0.25) is 9.59 Å². The molecule has 5 heteroatoms. The molecule has 0 saturated heterocycles. The van der Waals surface area contributed by atoms with Crippen molar-refractivity contribution in [3.63, 3.8) is 0 Å². The van der Waals surface area contributed by atoms with Gasteiger partial charge < -0.3 is 15.7 Å². The number of hydrogen-bond donors (Lipinski definition) is 2. The number of rotatable bonds is 8. The van der Waals surface area contributed by atoms with Gasteiger partial charge >= 0.3 is 5.97 Å². The van der Waals surface area contributed by atoms with E-state index in [-0.39, 0.29) is 31.5 Å². The van der Waals surface area contributed by atoms with Crippen molar-refractivity contribution in [2.45, 2.75) is 20.3 Å². The first-order valence-corrected chi connectivity index (χ1v) is 5.73. The van der Waals surface area contributed by atoms with Crippen LogP contribution in [0.3, 0.4) is 0 Å². The van der Waals surface area contributed by atoms with Crippen LogP contribution in [0.25, 0.3) is 0 Å². The van der Waals surface area contributed by atoms with Crippen LogP contribution < -0.4 is 5.73 Å². The molecule has 0 rings (SSSR count). The van der Waals surface area contributed by atoms with E-state index in [4.69, 9.17) is 10.8 Å². The minimum Gasteiger partial charge on any atom is -0.480 e. The van der Waals surface area contributed by atoms with Gasteiger partial charge in [0.25, 0.3) is 0 Å². The molecule has 0 fully saturated rings. The molecule has 1 unspecified atom stereocenters. The van der Waals surface area contributed by atoms with E-state index in [1.807, 2.05) is 13.8 Å². The van der Waals surface area contributed by atoms with Crippen LogP contribution in [0, 0.1) is 11.8 Å². The molecule has 0 saturated carbocycles. The fraction of sp³-hybridized carbons (Fsp3) is 0.667. The smallest absolute Gasteiger partial charge is 0.323 e. The van der Waals surface area contributed by atoms with Gasteiger partial charge in [0.15, 0.2) is 0 Å². The van der Waals surface area contributed by atoms with Crippen LogP contribution in [0.4, 0.5) is 0 Å². The fourth-order valence-electron chi connectivity index (χ4n) is 1.68. The molecule has 0 aromatic carbocycles. The summed E-state index contributed by atoms with van der Waals surface area (Å²) < 4.78 is 0. The molecule has 98 valence electrons. The Hall–Kier alpha value is -1.36. The molecular formula is C12H22N2O3. The Morgan fingerprint density at radius 2 is 2.06 bits per heavy atom. The van der Waals surface area contributed by atoms with Crippen LogP contribution in [-0.4, -0.2) is 41.5 Å². The summed E-state index contributed by atoms with van der Waals surface area (Å²) in [4.78, 5) is 24.0. The maximum atomic E-state index is 12.1. The van der Waals surface area contributed by atoms with Crippen molar-refractivity contribution in [2.24, 2.45) is 17.6 Å². The molecule has 0 spiro atoms. The minimum atomic E-state index is -1.03. The van der Waals surface area contributed by atoms with Gasteiger partial charge in [0.05, 0.1) is 5.92 Å². The van der Waals surface area contributed by atoms with Crippen molar-refractivity contribution in [1.82, 2.24) is 4.90 Å². The van der Waals surface area contributed by atoms with E-state index >= 15 is 0 Å². The van der Waals surface area contributed by atoms with Crippen LogP contribution in [0.2, 0.25) is 0 Å². The van der Waals surface area contributed by atoms with E-state index in [0.29, 0.717) is 12.3 Å². The Morgan fingerprint density at radius 1 is 1.47 bits per heavy atom. The van der Waals surface area contributed by atoms with E-state index in [1.54, 1.807) is 0 Å². The van der Waals surface area contributed by atoms with E-state index < -0.39 is 5.97 Å². The molecule has 0 heterocycles. The first-order valence-electron chi connectivity index (χ1n) is 5.73. The maximum Gasteiger partial charge on any atom is 0.323 e. The number of carboxylic acid groups (broad SMARTS) is 1. The highest BCUT2D eigenvalue weighted by atomic mass is 16.4. The Morgan fingerprint density at radius 3 is 2.41 bits per heavy atom. The Kier molecular flexibility index (Phi) is 7.21.